The van der Waals surface area contributed by atoms with Crippen molar-refractivity contribution < 1.29 is 0 Å². The van der Waals surface area contributed by atoms with E-state index >= 15 is 0 Å². The van der Waals surface area contributed by atoms with E-state index in [1.807, 2.05) is 0 Å². The van der Waals surface area contributed by atoms with Gasteiger partial charge >= 0.3 is 0 Å². The minimum atomic E-state index is 0.870. The molecule has 23 heavy (non-hydrogen) atoms. The highest BCUT2D eigenvalue weighted by Gasteiger charge is 2.21. The second-order valence-electron chi connectivity index (χ2n) is 6.79. The lowest BCUT2D eigenvalue weighted by Crippen LogP contribution is -2.32. The van der Waals surface area contributed by atoms with E-state index in [4.69, 9.17) is 4.98 Å². The summed E-state index contributed by atoms with van der Waals surface area (Å²) in [6, 6.07) is 8.75. The molecule has 1 saturated heterocycles. The number of hydrogen-bond donors (Lipinski definition) is 0. The van der Waals surface area contributed by atoms with Crippen LogP contribution in [0.5, 0.6) is 0 Å². The van der Waals surface area contributed by atoms with E-state index in [1.165, 1.54) is 42.8 Å². The molecule has 1 aromatic carbocycles. The Hall–Kier alpha value is -1.65. The summed E-state index contributed by atoms with van der Waals surface area (Å²) in [7, 11) is 0. The standard InChI is InChI=1S/C19H23N3S/c1-14-3-5-16(6-4-14)18-17(22-11-12-23-19(22)20-18)13-21-9-7-15(2)8-10-21/h3-6,11-12,15H,7-10,13H2,1-2H3. The summed E-state index contributed by atoms with van der Waals surface area (Å²) in [6.07, 6.45) is 4.78. The van der Waals surface area contributed by atoms with Gasteiger partial charge in [-0.25, -0.2) is 4.98 Å². The van der Waals surface area contributed by atoms with Crippen molar-refractivity contribution >= 4 is 16.3 Å². The van der Waals surface area contributed by atoms with E-state index in [-0.39, 0.29) is 0 Å². The van der Waals surface area contributed by atoms with Gasteiger partial charge in [-0.2, -0.15) is 0 Å². The van der Waals surface area contributed by atoms with Crippen LogP contribution in [0.2, 0.25) is 0 Å². The molecule has 0 radical (unpaired) electrons. The number of thiazole rings is 1. The van der Waals surface area contributed by atoms with E-state index in [9.17, 15) is 0 Å². The van der Waals surface area contributed by atoms with Gasteiger partial charge in [-0.1, -0.05) is 36.8 Å². The number of likely N-dealkylation sites (tertiary alicyclic amines) is 1. The van der Waals surface area contributed by atoms with Gasteiger partial charge in [0, 0.05) is 23.7 Å². The molecule has 3 heterocycles. The fraction of sp³-hybridized carbons (Fsp3) is 0.421. The highest BCUT2D eigenvalue weighted by molar-refractivity contribution is 7.15. The van der Waals surface area contributed by atoms with Gasteiger partial charge < -0.3 is 0 Å². The van der Waals surface area contributed by atoms with Crippen LogP contribution in [0.15, 0.2) is 35.8 Å². The van der Waals surface area contributed by atoms with Crippen molar-refractivity contribution in [1.82, 2.24) is 14.3 Å². The maximum absolute atomic E-state index is 4.91. The summed E-state index contributed by atoms with van der Waals surface area (Å²) in [4.78, 5) is 8.59. The van der Waals surface area contributed by atoms with Crippen LogP contribution in [-0.2, 0) is 6.54 Å². The number of rotatable bonds is 3. The molecule has 0 atom stereocenters. The minimum Gasteiger partial charge on any atom is -0.297 e. The molecule has 3 aromatic rings. The molecule has 0 amide bonds. The molecule has 4 rings (SSSR count). The molecule has 2 aromatic heterocycles. The largest absolute Gasteiger partial charge is 0.297 e. The molecule has 0 unspecified atom stereocenters. The van der Waals surface area contributed by atoms with Crippen LogP contribution in [0.4, 0.5) is 0 Å². The first kappa shape index (κ1) is 14.9. The summed E-state index contributed by atoms with van der Waals surface area (Å²) >= 11 is 1.72. The third kappa shape index (κ3) is 2.93. The number of fused-ring (bicyclic) bond motifs is 1. The zero-order chi connectivity index (χ0) is 15.8. The van der Waals surface area contributed by atoms with Gasteiger partial charge in [0.15, 0.2) is 4.96 Å². The number of hydrogen-bond acceptors (Lipinski definition) is 3. The van der Waals surface area contributed by atoms with Crippen molar-refractivity contribution in [3.8, 4) is 11.3 Å². The Morgan fingerprint density at radius 1 is 1.17 bits per heavy atom. The summed E-state index contributed by atoms with van der Waals surface area (Å²) in [5.41, 5.74) is 5.00. The van der Waals surface area contributed by atoms with E-state index in [0.717, 1.165) is 23.1 Å². The van der Waals surface area contributed by atoms with Gasteiger partial charge in [-0.3, -0.25) is 9.30 Å². The molecular formula is C19H23N3S. The normalized spacial score (nSPS) is 17.1. The predicted molar refractivity (Wildman–Crippen MR) is 96.9 cm³/mol. The number of nitrogens with zero attached hydrogens (tertiary/aromatic N) is 3. The molecule has 1 aliphatic rings. The molecule has 0 bridgehead atoms. The fourth-order valence-corrected chi connectivity index (χ4v) is 4.09. The minimum absolute atomic E-state index is 0.870. The molecule has 4 heteroatoms. The van der Waals surface area contributed by atoms with E-state index in [0.29, 0.717) is 0 Å². The zero-order valence-electron chi connectivity index (χ0n) is 13.8. The number of aromatic nitrogens is 2. The van der Waals surface area contributed by atoms with Crippen LogP contribution in [0.3, 0.4) is 0 Å². The van der Waals surface area contributed by atoms with Crippen LogP contribution in [-0.4, -0.2) is 27.4 Å². The predicted octanol–water partition coefficient (Wildman–Crippen LogP) is 4.60. The Morgan fingerprint density at radius 2 is 1.91 bits per heavy atom. The van der Waals surface area contributed by atoms with Crippen LogP contribution in [0, 0.1) is 12.8 Å². The van der Waals surface area contributed by atoms with Crippen molar-refractivity contribution in [2.24, 2.45) is 5.92 Å². The molecule has 0 aliphatic carbocycles. The SMILES string of the molecule is Cc1ccc(-c2nc3sccn3c2CN2CCC(C)CC2)cc1. The van der Waals surface area contributed by atoms with Gasteiger partial charge in [0.2, 0.25) is 0 Å². The fourth-order valence-electron chi connectivity index (χ4n) is 3.36. The molecule has 0 saturated carbocycles. The highest BCUT2D eigenvalue weighted by Crippen LogP contribution is 2.29. The first-order chi connectivity index (χ1) is 11.2. The number of aryl methyl sites for hydroxylation is 1. The lowest BCUT2D eigenvalue weighted by atomic mass is 9.99. The smallest absolute Gasteiger partial charge is 0.194 e. The van der Waals surface area contributed by atoms with Gasteiger partial charge in [0.1, 0.15) is 0 Å². The molecule has 3 nitrogen and oxygen atoms in total. The van der Waals surface area contributed by atoms with Crippen LogP contribution >= 0.6 is 11.3 Å². The first-order valence-corrected chi connectivity index (χ1v) is 9.32. The Balaban J connectivity index is 1.70. The summed E-state index contributed by atoms with van der Waals surface area (Å²) in [6.45, 7) is 7.89. The topological polar surface area (TPSA) is 20.5 Å². The molecule has 120 valence electrons. The van der Waals surface area contributed by atoms with Gasteiger partial charge in [0.05, 0.1) is 11.4 Å². The monoisotopic (exact) mass is 325 g/mol. The number of imidazole rings is 1. The van der Waals surface area contributed by atoms with Crippen LogP contribution in [0.25, 0.3) is 16.2 Å². The summed E-state index contributed by atoms with van der Waals surface area (Å²) < 4.78 is 2.28. The molecule has 0 spiro atoms. The average Bonchev–Trinajstić information content (AvgIpc) is 3.13. The van der Waals surface area contributed by atoms with Gasteiger partial charge in [-0.15, -0.1) is 11.3 Å². The van der Waals surface area contributed by atoms with Crippen molar-refractivity contribution in [3.05, 3.63) is 47.1 Å². The molecular weight excluding hydrogens is 302 g/mol. The van der Waals surface area contributed by atoms with E-state index in [1.54, 1.807) is 11.3 Å². The Labute approximate surface area is 141 Å². The zero-order valence-corrected chi connectivity index (χ0v) is 14.6. The molecule has 1 aliphatic heterocycles. The van der Waals surface area contributed by atoms with Crippen LogP contribution in [0.1, 0.15) is 31.0 Å². The molecule has 1 fully saturated rings. The summed E-state index contributed by atoms with van der Waals surface area (Å²) in [5.74, 6) is 0.870. The van der Waals surface area contributed by atoms with Gasteiger partial charge in [0.25, 0.3) is 0 Å². The second kappa shape index (κ2) is 6.10. The van der Waals surface area contributed by atoms with Crippen LogP contribution < -0.4 is 0 Å². The lowest BCUT2D eigenvalue weighted by Gasteiger charge is -2.30. The van der Waals surface area contributed by atoms with Gasteiger partial charge in [-0.05, 0) is 38.8 Å². The van der Waals surface area contributed by atoms with Crippen molar-refractivity contribution in [3.63, 3.8) is 0 Å². The third-order valence-electron chi connectivity index (χ3n) is 4.94. The van der Waals surface area contributed by atoms with E-state index in [2.05, 4.69) is 59.0 Å². The molecule has 0 N–H and O–H groups in total. The van der Waals surface area contributed by atoms with Crippen molar-refractivity contribution in [1.29, 1.82) is 0 Å². The summed E-state index contributed by atoms with van der Waals surface area (Å²) in [5, 5.41) is 2.13. The lowest BCUT2D eigenvalue weighted by molar-refractivity contribution is 0.183. The first-order valence-electron chi connectivity index (χ1n) is 8.44. The maximum Gasteiger partial charge on any atom is 0.194 e. The van der Waals surface area contributed by atoms with Crippen molar-refractivity contribution in [2.45, 2.75) is 33.2 Å². The van der Waals surface area contributed by atoms with E-state index < -0.39 is 0 Å². The average molecular weight is 325 g/mol. The quantitative estimate of drug-likeness (QED) is 0.701. The third-order valence-corrected chi connectivity index (χ3v) is 5.69. The Bertz CT molecular complexity index is 792. The van der Waals surface area contributed by atoms with Crippen molar-refractivity contribution in [2.75, 3.05) is 13.1 Å². The highest BCUT2D eigenvalue weighted by atomic mass is 32.1. The number of benzene rings is 1. The second-order valence-corrected chi connectivity index (χ2v) is 7.66. The Morgan fingerprint density at radius 3 is 2.65 bits per heavy atom. The maximum atomic E-state index is 4.91. The number of piperidine rings is 1. The Kier molecular flexibility index (Phi) is 3.95.